The molecule has 1 aliphatic heterocycles. The number of aryl methyl sites for hydroxylation is 2. The van der Waals surface area contributed by atoms with Crippen molar-refractivity contribution in [2.75, 3.05) is 39.4 Å². The maximum absolute atomic E-state index is 12.8. The van der Waals surface area contributed by atoms with Crippen molar-refractivity contribution in [1.82, 2.24) is 15.5 Å². The zero-order chi connectivity index (χ0) is 20.6. The van der Waals surface area contributed by atoms with Gasteiger partial charge in [0.25, 0.3) is 11.8 Å². The molecule has 1 aliphatic rings. The topological polar surface area (TPSA) is 70.7 Å². The summed E-state index contributed by atoms with van der Waals surface area (Å²) in [5, 5.41) is 7.65. The van der Waals surface area contributed by atoms with Gasteiger partial charge in [0.15, 0.2) is 0 Å². The van der Waals surface area contributed by atoms with Gasteiger partial charge in [-0.25, -0.2) is 0 Å². The number of morpholine rings is 1. The summed E-state index contributed by atoms with van der Waals surface area (Å²) in [6.45, 7) is 8.43. The molecule has 1 fully saturated rings. The van der Waals surface area contributed by atoms with Crippen LogP contribution in [0.5, 0.6) is 0 Å². The lowest BCUT2D eigenvalue weighted by Gasteiger charge is -2.26. The van der Waals surface area contributed by atoms with Crippen LogP contribution in [0.15, 0.2) is 41.4 Å². The highest BCUT2D eigenvalue weighted by Crippen LogP contribution is 2.14. The number of nitrogens with zero attached hydrogens (tertiary/aromatic N) is 1. The smallest absolute Gasteiger partial charge is 0.267 e. The Morgan fingerprint density at radius 1 is 1.17 bits per heavy atom. The monoisotopic (exact) mass is 413 g/mol. The summed E-state index contributed by atoms with van der Waals surface area (Å²) in [6.07, 6.45) is 1.72. The first kappa shape index (κ1) is 21.2. The molecule has 154 valence electrons. The Hall–Kier alpha value is -2.48. The first-order valence-corrected chi connectivity index (χ1v) is 10.6. The fourth-order valence-corrected chi connectivity index (χ4v) is 3.66. The summed E-state index contributed by atoms with van der Waals surface area (Å²) in [7, 11) is 0. The Labute approximate surface area is 175 Å². The van der Waals surface area contributed by atoms with E-state index in [0.29, 0.717) is 12.1 Å². The van der Waals surface area contributed by atoms with E-state index in [2.05, 4.69) is 15.5 Å². The van der Waals surface area contributed by atoms with Gasteiger partial charge in [0.05, 0.1) is 13.2 Å². The molecule has 2 N–H and O–H groups in total. The van der Waals surface area contributed by atoms with E-state index in [1.165, 1.54) is 11.3 Å². The Morgan fingerprint density at radius 3 is 2.66 bits per heavy atom. The van der Waals surface area contributed by atoms with Crippen LogP contribution >= 0.6 is 11.3 Å². The third kappa shape index (κ3) is 6.25. The maximum atomic E-state index is 12.8. The Morgan fingerprint density at radius 2 is 1.97 bits per heavy atom. The van der Waals surface area contributed by atoms with Crippen molar-refractivity contribution in [2.24, 2.45) is 0 Å². The number of ether oxygens (including phenoxy) is 1. The van der Waals surface area contributed by atoms with Crippen molar-refractivity contribution in [1.29, 1.82) is 0 Å². The van der Waals surface area contributed by atoms with E-state index in [1.807, 2.05) is 43.5 Å². The van der Waals surface area contributed by atoms with Gasteiger partial charge in [-0.1, -0.05) is 12.1 Å². The molecule has 0 atom stereocenters. The second-order valence-electron chi connectivity index (χ2n) is 7.04. The average Bonchev–Trinajstić information content (AvgIpc) is 3.23. The van der Waals surface area contributed by atoms with Crippen LogP contribution in [-0.2, 0) is 9.53 Å². The molecule has 0 bridgehead atoms. The number of amides is 2. The number of carbonyl (C=O) groups excluding carboxylic acids is 2. The van der Waals surface area contributed by atoms with E-state index in [9.17, 15) is 9.59 Å². The molecule has 2 amide bonds. The van der Waals surface area contributed by atoms with Crippen LogP contribution in [0.25, 0.3) is 6.08 Å². The quantitative estimate of drug-likeness (QED) is 0.685. The molecule has 0 spiro atoms. The number of nitrogens with one attached hydrogen (secondary N) is 2. The molecule has 1 aromatic heterocycles. The fourth-order valence-electron chi connectivity index (χ4n) is 3.00. The lowest BCUT2D eigenvalue weighted by atomic mass is 10.1. The Balaban J connectivity index is 1.66. The van der Waals surface area contributed by atoms with Crippen molar-refractivity contribution in [3.63, 3.8) is 0 Å². The largest absolute Gasteiger partial charge is 0.379 e. The van der Waals surface area contributed by atoms with Crippen LogP contribution in [0.1, 0.15) is 26.4 Å². The van der Waals surface area contributed by atoms with E-state index in [1.54, 1.807) is 12.1 Å². The highest BCUT2D eigenvalue weighted by molar-refractivity contribution is 7.10. The summed E-state index contributed by atoms with van der Waals surface area (Å²) in [4.78, 5) is 28.6. The van der Waals surface area contributed by atoms with Crippen molar-refractivity contribution in [3.8, 4) is 0 Å². The first-order valence-electron chi connectivity index (χ1n) is 9.75. The standard InChI is InChI=1S/C22H27N3O3S/c1-16-5-6-18(14-17(16)2)21(26)24-20(15-19-4-3-13-29-19)22(27)23-7-8-25-9-11-28-12-10-25/h3-6,13-15H,7-12H2,1-2H3,(H,23,27)(H,24,26)/b20-15-. The van der Waals surface area contributed by atoms with Gasteiger partial charge >= 0.3 is 0 Å². The van der Waals surface area contributed by atoms with E-state index < -0.39 is 0 Å². The minimum absolute atomic E-state index is 0.248. The minimum atomic E-state index is -0.292. The molecule has 1 aromatic carbocycles. The third-order valence-corrected chi connectivity index (χ3v) is 5.73. The van der Waals surface area contributed by atoms with Crippen molar-refractivity contribution in [2.45, 2.75) is 13.8 Å². The van der Waals surface area contributed by atoms with Crippen molar-refractivity contribution in [3.05, 3.63) is 63.0 Å². The van der Waals surface area contributed by atoms with E-state index >= 15 is 0 Å². The van der Waals surface area contributed by atoms with Gasteiger partial charge in [-0.15, -0.1) is 11.3 Å². The zero-order valence-electron chi connectivity index (χ0n) is 16.9. The molecular weight excluding hydrogens is 386 g/mol. The Kier molecular flexibility index (Phi) is 7.57. The zero-order valence-corrected chi connectivity index (χ0v) is 17.7. The average molecular weight is 414 g/mol. The predicted octanol–water partition coefficient (Wildman–Crippen LogP) is 2.58. The van der Waals surface area contributed by atoms with Crippen LogP contribution in [0.4, 0.5) is 0 Å². The maximum Gasteiger partial charge on any atom is 0.267 e. The molecule has 6 nitrogen and oxygen atoms in total. The number of rotatable bonds is 7. The molecule has 0 aliphatic carbocycles. The van der Waals surface area contributed by atoms with Crippen LogP contribution < -0.4 is 10.6 Å². The Bertz CT molecular complexity index is 871. The molecular formula is C22H27N3O3S. The number of hydrogen-bond acceptors (Lipinski definition) is 5. The number of carbonyl (C=O) groups is 2. The number of hydrogen-bond donors (Lipinski definition) is 2. The molecule has 3 rings (SSSR count). The van der Waals surface area contributed by atoms with E-state index in [4.69, 9.17) is 4.74 Å². The summed E-state index contributed by atoms with van der Waals surface area (Å²) in [5.74, 6) is -0.580. The summed E-state index contributed by atoms with van der Waals surface area (Å²) in [6, 6.07) is 9.35. The molecule has 2 heterocycles. The SMILES string of the molecule is Cc1ccc(C(=O)N/C(=C\c2cccs2)C(=O)NCCN2CCOCC2)cc1C. The number of thiophene rings is 1. The molecule has 0 unspecified atom stereocenters. The normalized spacial score (nSPS) is 15.2. The lowest BCUT2D eigenvalue weighted by Crippen LogP contribution is -2.42. The summed E-state index contributed by atoms with van der Waals surface area (Å²) >= 11 is 1.51. The second-order valence-corrected chi connectivity index (χ2v) is 8.02. The second kappa shape index (κ2) is 10.3. The molecule has 0 radical (unpaired) electrons. The lowest BCUT2D eigenvalue weighted by molar-refractivity contribution is -0.117. The van der Waals surface area contributed by atoms with Crippen LogP contribution in [0, 0.1) is 13.8 Å². The van der Waals surface area contributed by atoms with Crippen LogP contribution in [0.2, 0.25) is 0 Å². The predicted molar refractivity (Wildman–Crippen MR) is 116 cm³/mol. The fraction of sp³-hybridized carbons (Fsp3) is 0.364. The summed E-state index contributed by atoms with van der Waals surface area (Å²) < 4.78 is 5.34. The van der Waals surface area contributed by atoms with Gasteiger partial charge in [0.2, 0.25) is 0 Å². The van der Waals surface area contributed by atoms with Crippen molar-refractivity contribution >= 4 is 29.2 Å². The third-order valence-electron chi connectivity index (χ3n) is 4.91. The van der Waals surface area contributed by atoms with Gasteiger partial charge in [0.1, 0.15) is 5.70 Å². The van der Waals surface area contributed by atoms with Crippen LogP contribution in [0.3, 0.4) is 0 Å². The highest BCUT2D eigenvalue weighted by atomic mass is 32.1. The van der Waals surface area contributed by atoms with E-state index in [0.717, 1.165) is 48.9 Å². The van der Waals surface area contributed by atoms with Gasteiger partial charge < -0.3 is 15.4 Å². The van der Waals surface area contributed by atoms with E-state index in [-0.39, 0.29) is 17.5 Å². The van der Waals surface area contributed by atoms with Gasteiger partial charge in [-0.3, -0.25) is 14.5 Å². The molecule has 29 heavy (non-hydrogen) atoms. The van der Waals surface area contributed by atoms with Gasteiger partial charge in [-0.05, 0) is 54.6 Å². The molecule has 1 saturated heterocycles. The number of benzene rings is 1. The highest BCUT2D eigenvalue weighted by Gasteiger charge is 2.16. The molecule has 7 heteroatoms. The first-order chi connectivity index (χ1) is 14.0. The minimum Gasteiger partial charge on any atom is -0.379 e. The van der Waals surface area contributed by atoms with Crippen molar-refractivity contribution < 1.29 is 14.3 Å². The molecule has 2 aromatic rings. The summed E-state index contributed by atoms with van der Waals surface area (Å²) in [5.41, 5.74) is 2.94. The van der Waals surface area contributed by atoms with Gasteiger partial charge in [0, 0.05) is 36.6 Å². The molecule has 0 saturated carbocycles. The van der Waals surface area contributed by atoms with Crippen LogP contribution in [-0.4, -0.2) is 56.1 Å². The van der Waals surface area contributed by atoms with Gasteiger partial charge in [-0.2, -0.15) is 0 Å².